The van der Waals surface area contributed by atoms with Crippen LogP contribution in [0.5, 0.6) is 0 Å². The SMILES string of the molecule is Cc1cc(-c2nc3n(c2Nc2ccc(F)cc2)CCN(C(=O)CN)C3(C)C)c(F)cc1F. The first-order valence-electron chi connectivity index (χ1n) is 10.2. The Morgan fingerprint density at radius 2 is 1.81 bits per heavy atom. The number of nitrogens with one attached hydrogen (secondary N) is 1. The van der Waals surface area contributed by atoms with E-state index in [2.05, 4.69) is 5.32 Å². The summed E-state index contributed by atoms with van der Waals surface area (Å²) >= 11 is 0. The van der Waals surface area contributed by atoms with E-state index >= 15 is 0 Å². The number of benzene rings is 2. The standard InChI is InChI=1S/C23H24F3N5O/c1-13-10-16(18(26)11-17(13)25)20-21(28-15-6-4-14(24)5-7-15)30-8-9-31(19(32)12-27)23(2,3)22(30)29-20/h4-7,10-11,28H,8-9,12,27H2,1-3H3. The maximum absolute atomic E-state index is 14.9. The van der Waals surface area contributed by atoms with Crippen molar-refractivity contribution in [3.63, 3.8) is 0 Å². The Kier molecular flexibility index (Phi) is 5.46. The Labute approximate surface area is 183 Å². The first-order valence-corrected chi connectivity index (χ1v) is 10.2. The van der Waals surface area contributed by atoms with Gasteiger partial charge in [0.2, 0.25) is 5.91 Å². The number of halogens is 3. The van der Waals surface area contributed by atoms with Crippen LogP contribution in [0.25, 0.3) is 11.3 Å². The molecule has 32 heavy (non-hydrogen) atoms. The summed E-state index contributed by atoms with van der Waals surface area (Å²) < 4.78 is 44.0. The molecule has 3 aromatic rings. The molecule has 0 atom stereocenters. The number of hydrogen-bond acceptors (Lipinski definition) is 4. The predicted molar refractivity (Wildman–Crippen MR) is 116 cm³/mol. The molecule has 0 spiro atoms. The third kappa shape index (κ3) is 3.62. The van der Waals surface area contributed by atoms with Gasteiger partial charge >= 0.3 is 0 Å². The van der Waals surface area contributed by atoms with Crippen molar-refractivity contribution in [2.45, 2.75) is 32.9 Å². The molecule has 1 aliphatic rings. The molecule has 0 unspecified atom stereocenters. The van der Waals surface area contributed by atoms with Gasteiger partial charge in [-0.15, -0.1) is 0 Å². The molecule has 168 valence electrons. The number of rotatable bonds is 4. The maximum atomic E-state index is 14.9. The molecule has 4 rings (SSSR count). The minimum atomic E-state index is -0.822. The molecule has 0 bridgehead atoms. The molecule has 1 aliphatic heterocycles. The second-order valence-corrected chi connectivity index (χ2v) is 8.31. The predicted octanol–water partition coefficient (Wildman–Crippen LogP) is 4.06. The van der Waals surface area contributed by atoms with Gasteiger partial charge in [-0.1, -0.05) is 0 Å². The van der Waals surface area contributed by atoms with Gasteiger partial charge in [0.25, 0.3) is 0 Å². The van der Waals surface area contributed by atoms with Crippen LogP contribution in [0.2, 0.25) is 0 Å². The number of aryl methyl sites for hydroxylation is 1. The van der Waals surface area contributed by atoms with E-state index in [-0.39, 0.29) is 35.1 Å². The number of anilines is 2. The minimum Gasteiger partial charge on any atom is -0.340 e. The Morgan fingerprint density at radius 1 is 1.12 bits per heavy atom. The average Bonchev–Trinajstić information content (AvgIpc) is 3.11. The van der Waals surface area contributed by atoms with Crippen LogP contribution in [0.4, 0.5) is 24.7 Å². The highest BCUT2D eigenvalue weighted by Gasteiger charge is 2.41. The van der Waals surface area contributed by atoms with E-state index in [9.17, 15) is 18.0 Å². The molecule has 2 heterocycles. The Morgan fingerprint density at radius 3 is 2.47 bits per heavy atom. The van der Waals surface area contributed by atoms with Gasteiger partial charge in [0.05, 0.1) is 12.1 Å². The maximum Gasteiger partial charge on any atom is 0.237 e. The lowest BCUT2D eigenvalue weighted by molar-refractivity contribution is -0.137. The summed E-state index contributed by atoms with van der Waals surface area (Å²) in [6, 6.07) is 7.98. The summed E-state index contributed by atoms with van der Waals surface area (Å²) in [5, 5.41) is 3.21. The molecule has 1 amide bonds. The van der Waals surface area contributed by atoms with E-state index in [1.54, 1.807) is 24.0 Å². The molecule has 1 aromatic heterocycles. The summed E-state index contributed by atoms with van der Waals surface area (Å²) in [6.45, 7) is 5.88. The van der Waals surface area contributed by atoms with Crippen LogP contribution in [-0.4, -0.2) is 33.4 Å². The van der Waals surface area contributed by atoms with Crippen molar-refractivity contribution >= 4 is 17.4 Å². The van der Waals surface area contributed by atoms with Crippen molar-refractivity contribution in [2.75, 3.05) is 18.4 Å². The fourth-order valence-electron chi connectivity index (χ4n) is 4.11. The van der Waals surface area contributed by atoms with Gasteiger partial charge in [-0.2, -0.15) is 0 Å². The molecule has 0 saturated heterocycles. The fourth-order valence-corrected chi connectivity index (χ4v) is 4.11. The quantitative estimate of drug-likeness (QED) is 0.638. The third-order valence-corrected chi connectivity index (χ3v) is 5.82. The van der Waals surface area contributed by atoms with E-state index in [1.807, 2.05) is 18.4 Å². The van der Waals surface area contributed by atoms with Crippen LogP contribution in [0, 0.1) is 24.4 Å². The zero-order valence-corrected chi connectivity index (χ0v) is 18.0. The van der Waals surface area contributed by atoms with Gasteiger partial charge < -0.3 is 20.5 Å². The Hall–Kier alpha value is -3.33. The normalized spacial score (nSPS) is 14.9. The first kappa shape index (κ1) is 21.9. The second-order valence-electron chi connectivity index (χ2n) is 8.31. The molecular formula is C23H24F3N5O. The van der Waals surface area contributed by atoms with E-state index in [0.29, 0.717) is 30.4 Å². The van der Waals surface area contributed by atoms with Crippen LogP contribution in [0.3, 0.4) is 0 Å². The number of nitrogens with two attached hydrogens (primary N) is 1. The summed E-state index contributed by atoms with van der Waals surface area (Å²) in [5.74, 6) is -0.997. The number of imidazole rings is 1. The summed E-state index contributed by atoms with van der Waals surface area (Å²) in [4.78, 5) is 18.8. The molecule has 0 aliphatic carbocycles. The minimum absolute atomic E-state index is 0.128. The monoisotopic (exact) mass is 443 g/mol. The summed E-state index contributed by atoms with van der Waals surface area (Å²) in [7, 11) is 0. The van der Waals surface area contributed by atoms with Gasteiger partial charge in [0.1, 0.15) is 34.8 Å². The van der Waals surface area contributed by atoms with E-state index in [4.69, 9.17) is 10.7 Å². The molecule has 0 radical (unpaired) electrons. The third-order valence-electron chi connectivity index (χ3n) is 5.82. The van der Waals surface area contributed by atoms with Gasteiger partial charge in [0.15, 0.2) is 0 Å². The number of aromatic nitrogens is 2. The molecular weight excluding hydrogens is 419 g/mol. The lowest BCUT2D eigenvalue weighted by atomic mass is 9.99. The highest BCUT2D eigenvalue weighted by atomic mass is 19.1. The smallest absolute Gasteiger partial charge is 0.237 e. The molecule has 6 nitrogen and oxygen atoms in total. The van der Waals surface area contributed by atoms with Crippen molar-refractivity contribution in [1.29, 1.82) is 0 Å². The molecule has 9 heteroatoms. The summed E-state index contributed by atoms with van der Waals surface area (Å²) in [6.07, 6.45) is 0. The van der Waals surface area contributed by atoms with Gasteiger partial charge in [-0.25, -0.2) is 18.2 Å². The van der Waals surface area contributed by atoms with Crippen LogP contribution >= 0.6 is 0 Å². The van der Waals surface area contributed by atoms with Crippen LogP contribution in [0.1, 0.15) is 25.2 Å². The summed E-state index contributed by atoms with van der Waals surface area (Å²) in [5.41, 5.74) is 6.03. The lowest BCUT2D eigenvalue weighted by Gasteiger charge is -2.42. The number of fused-ring (bicyclic) bond motifs is 1. The largest absolute Gasteiger partial charge is 0.340 e. The van der Waals surface area contributed by atoms with Crippen molar-refractivity contribution in [1.82, 2.24) is 14.5 Å². The molecule has 2 aromatic carbocycles. The molecule has 0 fully saturated rings. The number of hydrogen-bond donors (Lipinski definition) is 2. The van der Waals surface area contributed by atoms with E-state index in [0.717, 1.165) is 6.07 Å². The topological polar surface area (TPSA) is 76.2 Å². The van der Waals surface area contributed by atoms with Crippen molar-refractivity contribution < 1.29 is 18.0 Å². The van der Waals surface area contributed by atoms with E-state index in [1.165, 1.54) is 18.2 Å². The lowest BCUT2D eigenvalue weighted by Crippen LogP contribution is -2.53. The fraction of sp³-hybridized carbons (Fsp3) is 0.304. The number of carbonyl (C=O) groups excluding carboxylic acids is 1. The highest BCUT2D eigenvalue weighted by molar-refractivity contribution is 5.81. The zero-order valence-electron chi connectivity index (χ0n) is 18.0. The number of amides is 1. The van der Waals surface area contributed by atoms with Gasteiger partial charge in [0, 0.05) is 30.4 Å². The highest BCUT2D eigenvalue weighted by Crippen LogP contribution is 2.40. The Bertz CT molecular complexity index is 1190. The number of carbonyl (C=O) groups is 1. The Balaban J connectivity index is 1.91. The van der Waals surface area contributed by atoms with Crippen LogP contribution in [-0.2, 0) is 16.9 Å². The van der Waals surface area contributed by atoms with Gasteiger partial charge in [-0.3, -0.25) is 4.79 Å². The van der Waals surface area contributed by atoms with Crippen molar-refractivity contribution in [3.8, 4) is 11.3 Å². The van der Waals surface area contributed by atoms with Crippen LogP contribution in [0.15, 0.2) is 36.4 Å². The average molecular weight is 443 g/mol. The van der Waals surface area contributed by atoms with Crippen molar-refractivity contribution in [2.24, 2.45) is 5.73 Å². The first-order chi connectivity index (χ1) is 15.1. The molecule has 3 N–H and O–H groups in total. The van der Waals surface area contributed by atoms with E-state index < -0.39 is 17.2 Å². The number of nitrogens with zero attached hydrogens (tertiary/aromatic N) is 3. The second kappa shape index (κ2) is 7.98. The van der Waals surface area contributed by atoms with Crippen LogP contribution < -0.4 is 11.1 Å². The van der Waals surface area contributed by atoms with Crippen molar-refractivity contribution in [3.05, 3.63) is 65.2 Å². The molecule has 0 saturated carbocycles. The zero-order chi connectivity index (χ0) is 23.2. The van der Waals surface area contributed by atoms with Gasteiger partial charge in [-0.05, 0) is 56.7 Å².